The first-order chi connectivity index (χ1) is 7.25. The maximum absolute atomic E-state index is 4.14. The molecule has 1 aromatic heterocycles. The molecular weight excluding hydrogens is 254 g/mol. The molecule has 0 spiro atoms. The van der Waals surface area contributed by atoms with E-state index in [0.717, 1.165) is 30.8 Å². The molecule has 0 saturated carbocycles. The molecule has 1 aromatic rings. The fourth-order valence-corrected chi connectivity index (χ4v) is 2.31. The molecule has 1 atom stereocenters. The molecule has 1 saturated heterocycles. The Hall–Kier alpha value is -0.450. The molecule has 0 aromatic carbocycles. The monoisotopic (exact) mass is 269 g/mol. The molecule has 4 heteroatoms. The van der Waals surface area contributed by atoms with E-state index < -0.39 is 0 Å². The molecule has 0 amide bonds. The molecular formula is C11H16BrN3. The Kier molecular flexibility index (Phi) is 3.72. The molecule has 1 aliphatic heterocycles. The van der Waals surface area contributed by atoms with Crippen LogP contribution in [-0.4, -0.2) is 35.6 Å². The summed E-state index contributed by atoms with van der Waals surface area (Å²) in [4.78, 5) is 6.64. The van der Waals surface area contributed by atoms with Crippen LogP contribution in [0.1, 0.15) is 12.5 Å². The van der Waals surface area contributed by atoms with Gasteiger partial charge in [-0.05, 0) is 40.5 Å². The van der Waals surface area contributed by atoms with Crippen molar-refractivity contribution in [1.29, 1.82) is 0 Å². The number of nitrogens with one attached hydrogen (secondary N) is 1. The summed E-state index contributed by atoms with van der Waals surface area (Å²) in [6.45, 7) is 6.59. The van der Waals surface area contributed by atoms with Crippen LogP contribution in [0, 0.1) is 0 Å². The van der Waals surface area contributed by atoms with E-state index in [-0.39, 0.29) is 0 Å². The molecule has 0 aliphatic carbocycles. The number of halogens is 1. The van der Waals surface area contributed by atoms with Gasteiger partial charge in [0.2, 0.25) is 0 Å². The first-order valence-corrected chi connectivity index (χ1v) is 6.10. The van der Waals surface area contributed by atoms with Gasteiger partial charge in [0.15, 0.2) is 0 Å². The number of pyridine rings is 1. The summed E-state index contributed by atoms with van der Waals surface area (Å²) in [6, 6.07) is 4.79. The molecule has 0 bridgehead atoms. The zero-order valence-corrected chi connectivity index (χ0v) is 10.5. The van der Waals surface area contributed by atoms with Crippen molar-refractivity contribution in [3.63, 3.8) is 0 Å². The number of hydrogen-bond acceptors (Lipinski definition) is 3. The lowest BCUT2D eigenvalue weighted by atomic mass is 10.2. The van der Waals surface area contributed by atoms with Crippen LogP contribution >= 0.6 is 15.9 Å². The summed E-state index contributed by atoms with van der Waals surface area (Å²) >= 11 is 3.40. The van der Waals surface area contributed by atoms with Gasteiger partial charge in [0, 0.05) is 38.4 Å². The molecule has 1 aliphatic rings. The van der Waals surface area contributed by atoms with Gasteiger partial charge in [-0.2, -0.15) is 0 Å². The van der Waals surface area contributed by atoms with Crippen LogP contribution in [0.4, 0.5) is 0 Å². The third-order valence-corrected chi connectivity index (χ3v) is 3.25. The number of piperazine rings is 1. The number of hydrogen-bond donors (Lipinski definition) is 1. The second-order valence-electron chi connectivity index (χ2n) is 4.01. The van der Waals surface area contributed by atoms with Gasteiger partial charge < -0.3 is 5.32 Å². The number of nitrogens with zero attached hydrogens (tertiary/aromatic N) is 2. The third-order valence-electron chi connectivity index (χ3n) is 2.82. The maximum atomic E-state index is 4.14. The minimum atomic E-state index is 0.616. The highest BCUT2D eigenvalue weighted by molar-refractivity contribution is 9.10. The minimum absolute atomic E-state index is 0.616. The zero-order valence-electron chi connectivity index (χ0n) is 8.91. The molecule has 0 unspecified atom stereocenters. The fourth-order valence-electron chi connectivity index (χ4n) is 1.89. The molecule has 2 heterocycles. The third kappa shape index (κ3) is 3.00. The van der Waals surface area contributed by atoms with E-state index in [1.165, 1.54) is 5.56 Å². The zero-order chi connectivity index (χ0) is 10.7. The van der Waals surface area contributed by atoms with Gasteiger partial charge in [-0.3, -0.25) is 4.90 Å². The van der Waals surface area contributed by atoms with Gasteiger partial charge in [-0.25, -0.2) is 4.98 Å². The summed E-state index contributed by atoms with van der Waals surface area (Å²) in [7, 11) is 0. The topological polar surface area (TPSA) is 28.2 Å². The highest BCUT2D eigenvalue weighted by Gasteiger charge is 2.17. The van der Waals surface area contributed by atoms with Crippen molar-refractivity contribution in [3.8, 4) is 0 Å². The first kappa shape index (κ1) is 11.0. The van der Waals surface area contributed by atoms with Crippen molar-refractivity contribution in [1.82, 2.24) is 15.2 Å². The van der Waals surface area contributed by atoms with Gasteiger partial charge >= 0.3 is 0 Å². The average molecular weight is 270 g/mol. The molecule has 0 radical (unpaired) electrons. The van der Waals surface area contributed by atoms with E-state index in [1.54, 1.807) is 0 Å². The first-order valence-electron chi connectivity index (χ1n) is 5.31. The van der Waals surface area contributed by atoms with Crippen molar-refractivity contribution in [3.05, 3.63) is 28.5 Å². The molecule has 15 heavy (non-hydrogen) atoms. The lowest BCUT2D eigenvalue weighted by molar-refractivity contribution is 0.165. The number of aromatic nitrogens is 1. The number of rotatable bonds is 2. The van der Waals surface area contributed by atoms with Crippen LogP contribution < -0.4 is 5.32 Å². The maximum Gasteiger partial charge on any atom is 0.106 e. The minimum Gasteiger partial charge on any atom is -0.314 e. The van der Waals surface area contributed by atoms with Crippen molar-refractivity contribution in [2.75, 3.05) is 19.6 Å². The van der Waals surface area contributed by atoms with E-state index in [2.05, 4.69) is 50.2 Å². The van der Waals surface area contributed by atoms with E-state index in [0.29, 0.717) is 6.04 Å². The molecule has 2 rings (SSSR count). The van der Waals surface area contributed by atoms with Crippen LogP contribution in [-0.2, 0) is 6.54 Å². The highest BCUT2D eigenvalue weighted by atomic mass is 79.9. The Labute approximate surface area is 99.0 Å². The Morgan fingerprint density at radius 3 is 3.27 bits per heavy atom. The Morgan fingerprint density at radius 2 is 2.53 bits per heavy atom. The lowest BCUT2D eigenvalue weighted by Crippen LogP contribution is -2.49. The SMILES string of the molecule is C[C@@H]1CNCCN1Cc1ccnc(Br)c1. The van der Waals surface area contributed by atoms with Crippen LogP contribution in [0.3, 0.4) is 0 Å². The van der Waals surface area contributed by atoms with Crippen LogP contribution in [0.5, 0.6) is 0 Å². The summed E-state index contributed by atoms with van der Waals surface area (Å²) in [5.41, 5.74) is 1.32. The van der Waals surface area contributed by atoms with E-state index in [1.807, 2.05) is 6.20 Å². The smallest absolute Gasteiger partial charge is 0.106 e. The fraction of sp³-hybridized carbons (Fsp3) is 0.545. The summed E-state index contributed by atoms with van der Waals surface area (Å²) in [5, 5.41) is 3.40. The highest BCUT2D eigenvalue weighted by Crippen LogP contribution is 2.13. The van der Waals surface area contributed by atoms with E-state index in [4.69, 9.17) is 0 Å². The van der Waals surface area contributed by atoms with Gasteiger partial charge in [0.25, 0.3) is 0 Å². The van der Waals surface area contributed by atoms with Crippen LogP contribution in [0.2, 0.25) is 0 Å². The summed E-state index contributed by atoms with van der Waals surface area (Å²) in [6.07, 6.45) is 1.85. The van der Waals surface area contributed by atoms with E-state index in [9.17, 15) is 0 Å². The predicted molar refractivity (Wildman–Crippen MR) is 64.7 cm³/mol. The van der Waals surface area contributed by atoms with Crippen molar-refractivity contribution >= 4 is 15.9 Å². The average Bonchev–Trinajstić information content (AvgIpc) is 2.22. The second-order valence-corrected chi connectivity index (χ2v) is 4.82. The normalized spacial score (nSPS) is 22.9. The quantitative estimate of drug-likeness (QED) is 0.828. The standard InChI is InChI=1S/C11H16BrN3/c1-9-7-13-4-5-15(9)8-10-2-3-14-11(12)6-10/h2-3,6,9,13H,4-5,7-8H2,1H3/t9-/m1/s1. The Balaban J connectivity index is 2.01. The summed E-state index contributed by atoms with van der Waals surface area (Å²) in [5.74, 6) is 0. The Morgan fingerprint density at radius 1 is 1.67 bits per heavy atom. The Bertz CT molecular complexity index is 329. The molecule has 1 N–H and O–H groups in total. The molecule has 82 valence electrons. The van der Waals surface area contributed by atoms with Gasteiger partial charge in [-0.1, -0.05) is 0 Å². The van der Waals surface area contributed by atoms with Crippen LogP contribution in [0.25, 0.3) is 0 Å². The van der Waals surface area contributed by atoms with Gasteiger partial charge in [-0.15, -0.1) is 0 Å². The van der Waals surface area contributed by atoms with Crippen molar-refractivity contribution < 1.29 is 0 Å². The molecule has 1 fully saturated rings. The predicted octanol–water partition coefficient (Wildman–Crippen LogP) is 1.64. The van der Waals surface area contributed by atoms with Gasteiger partial charge in [0.05, 0.1) is 0 Å². The van der Waals surface area contributed by atoms with E-state index >= 15 is 0 Å². The van der Waals surface area contributed by atoms with Crippen LogP contribution in [0.15, 0.2) is 22.9 Å². The lowest BCUT2D eigenvalue weighted by Gasteiger charge is -2.33. The second kappa shape index (κ2) is 5.05. The molecule has 3 nitrogen and oxygen atoms in total. The summed E-state index contributed by atoms with van der Waals surface area (Å²) < 4.78 is 0.919. The largest absolute Gasteiger partial charge is 0.314 e. The van der Waals surface area contributed by atoms with Crippen molar-refractivity contribution in [2.24, 2.45) is 0 Å². The van der Waals surface area contributed by atoms with Gasteiger partial charge in [0.1, 0.15) is 4.60 Å². The van der Waals surface area contributed by atoms with Crippen molar-refractivity contribution in [2.45, 2.75) is 19.5 Å².